The summed E-state index contributed by atoms with van der Waals surface area (Å²) in [5, 5.41) is 43.8. The van der Waals surface area contributed by atoms with Crippen LogP contribution < -0.4 is 0 Å². The number of methoxy groups -OCH3 is 2. The second-order valence-electron chi connectivity index (χ2n) is 21.0. The maximum absolute atomic E-state index is 14.5. The van der Waals surface area contributed by atoms with E-state index in [-0.39, 0.29) is 61.4 Å². The molecule has 4 aliphatic rings. The lowest BCUT2D eigenvalue weighted by Gasteiger charge is -2.43. The number of ether oxygens (including phenoxy) is 4. The Labute approximate surface area is 417 Å². The highest BCUT2D eigenvalue weighted by atomic mass is 32.2. The molecule has 16 nitrogen and oxygen atoms in total. The Morgan fingerprint density at radius 3 is 2.26 bits per heavy atom. The highest BCUT2D eigenvalue weighted by molar-refractivity contribution is 7.89. The van der Waals surface area contributed by atoms with Crippen LogP contribution in [0.25, 0.3) is 0 Å². The molecule has 1 aliphatic carbocycles. The van der Waals surface area contributed by atoms with Gasteiger partial charge in [-0.2, -0.15) is 4.31 Å². The van der Waals surface area contributed by atoms with Crippen LogP contribution in [0.1, 0.15) is 132 Å². The molecule has 3 heterocycles. The van der Waals surface area contributed by atoms with Gasteiger partial charge in [-0.05, 0) is 127 Å². The van der Waals surface area contributed by atoms with Crippen molar-refractivity contribution in [1.82, 2.24) is 9.21 Å². The molecule has 0 aromatic rings. The number of rotatable bonds is 9. The van der Waals surface area contributed by atoms with Crippen molar-refractivity contribution >= 4 is 33.5 Å². The number of hydrogen-bond acceptors (Lipinski definition) is 14. The third kappa shape index (κ3) is 15.7. The molecule has 2 saturated heterocycles. The number of piperidine rings is 1. The van der Waals surface area contributed by atoms with E-state index in [0.29, 0.717) is 68.9 Å². The smallest absolute Gasteiger partial charge is 0.329 e. The predicted octanol–water partition coefficient (Wildman–Crippen LogP) is 5.61. The molecule has 0 spiro atoms. The van der Waals surface area contributed by atoms with Gasteiger partial charge in [0.1, 0.15) is 24.4 Å². The lowest BCUT2D eigenvalue weighted by atomic mass is 9.78. The van der Waals surface area contributed by atoms with Crippen LogP contribution in [0.4, 0.5) is 0 Å². The van der Waals surface area contributed by atoms with E-state index in [1.165, 1.54) is 19.1 Å². The van der Waals surface area contributed by atoms with E-state index in [1.54, 1.807) is 46.1 Å². The second-order valence-corrected chi connectivity index (χ2v) is 23.2. The average Bonchev–Trinajstić information content (AvgIpc) is 3.32. The number of sulfonamides is 1. The normalized spacial score (nSPS) is 38.7. The predicted molar refractivity (Wildman–Crippen MR) is 266 cm³/mol. The Hall–Kier alpha value is -3.13. The van der Waals surface area contributed by atoms with E-state index < -0.39 is 100 Å². The highest BCUT2D eigenvalue weighted by Gasteiger charge is 2.53. The summed E-state index contributed by atoms with van der Waals surface area (Å²) in [6, 6.07) is -1.93. The van der Waals surface area contributed by atoms with Gasteiger partial charge < -0.3 is 44.3 Å². The van der Waals surface area contributed by atoms with Crippen LogP contribution in [0, 0.1) is 35.5 Å². The second kappa shape index (κ2) is 27.2. The van der Waals surface area contributed by atoms with Crippen molar-refractivity contribution < 1.29 is 67.0 Å². The zero-order chi connectivity index (χ0) is 52.1. The molecule has 0 aromatic carbocycles. The molecule has 1 saturated carbocycles. The summed E-state index contributed by atoms with van der Waals surface area (Å²) in [7, 11) is 0.433. The number of likely N-dealkylation sites (N-methyl/N-ethyl adjacent to an activating group) is 1. The van der Waals surface area contributed by atoms with Gasteiger partial charge in [0.05, 0.1) is 30.7 Å². The summed E-state index contributed by atoms with van der Waals surface area (Å²) >= 11 is 0. The zero-order valence-electron chi connectivity index (χ0n) is 43.5. The Balaban J connectivity index is 1.74. The van der Waals surface area contributed by atoms with Gasteiger partial charge >= 0.3 is 5.97 Å². The lowest BCUT2D eigenvalue weighted by molar-refractivity contribution is -0.264. The van der Waals surface area contributed by atoms with Crippen molar-refractivity contribution in [2.75, 3.05) is 40.2 Å². The van der Waals surface area contributed by atoms with Crippen molar-refractivity contribution in [2.45, 2.75) is 186 Å². The standard InChI is InChI=1S/C53H86N2O14S/c1-33-16-12-11-13-17-35(3)43(54(8)70(64,65)27-26-56)32-41-22-20-39(7)53(63,69-41)50(60)51(61)55-25-15-14-18-42(55)52(62)68-45(36(4)30-40-21-23-44(57)46(31-40)66-9)24-19-34(2)29-38(6)48(59)49(67-10)47(58)37(5)28-33/h11-13,16-17,29,33-34,36-37,39-46,48-49,56-57,59,63H,14-15,18-28,30-32H2,1-10H3/b13-11+,16-12+,35-17+,38-29+/t33-,34+,36-,37-,39-,40+,41+,42+,43?,44-,45+,46-,48-,49+,53-/m1/s1. The van der Waals surface area contributed by atoms with Crippen LogP contribution in [0.5, 0.6) is 0 Å². The van der Waals surface area contributed by atoms with E-state index in [1.807, 2.05) is 45.9 Å². The van der Waals surface area contributed by atoms with Crippen molar-refractivity contribution in [3.05, 3.63) is 47.6 Å². The molecular formula is C53H86N2O14S. The molecule has 3 fully saturated rings. The molecule has 70 heavy (non-hydrogen) atoms. The molecule has 17 heteroatoms. The Morgan fingerprint density at radius 2 is 1.59 bits per heavy atom. The molecule has 4 N–H and O–H groups in total. The van der Waals surface area contributed by atoms with Gasteiger partial charge in [-0.3, -0.25) is 14.4 Å². The minimum Gasteiger partial charge on any atom is -0.461 e. The van der Waals surface area contributed by atoms with Crippen molar-refractivity contribution in [1.29, 1.82) is 0 Å². The number of aliphatic hydroxyl groups is 4. The first kappa shape index (κ1) is 59.4. The van der Waals surface area contributed by atoms with Crippen molar-refractivity contribution in [3.63, 3.8) is 0 Å². The first-order valence-corrected chi connectivity index (χ1v) is 27.3. The van der Waals surface area contributed by atoms with Gasteiger partial charge in [0.25, 0.3) is 11.7 Å². The summed E-state index contributed by atoms with van der Waals surface area (Å²) in [4.78, 5) is 58.2. The monoisotopic (exact) mass is 1010 g/mol. The number of esters is 1. The summed E-state index contributed by atoms with van der Waals surface area (Å²) in [6.45, 7) is 12.4. The maximum atomic E-state index is 14.5. The molecule has 15 atom stereocenters. The number of fused-ring (bicyclic) bond motifs is 3. The largest absolute Gasteiger partial charge is 0.461 e. The van der Waals surface area contributed by atoms with Gasteiger partial charge in [0.2, 0.25) is 15.8 Å². The number of cyclic esters (lactones) is 1. The number of nitrogens with zero attached hydrogens (tertiary/aromatic N) is 2. The fourth-order valence-electron chi connectivity index (χ4n) is 10.9. The summed E-state index contributed by atoms with van der Waals surface area (Å²) in [6.07, 6.45) is 12.5. The molecule has 1 amide bonds. The molecule has 0 aromatic heterocycles. The van der Waals surface area contributed by atoms with Crippen LogP contribution >= 0.6 is 0 Å². The van der Waals surface area contributed by atoms with Gasteiger partial charge in [-0.1, -0.05) is 76.6 Å². The Morgan fingerprint density at radius 1 is 0.871 bits per heavy atom. The lowest BCUT2D eigenvalue weighted by Crippen LogP contribution is -2.61. The zero-order valence-corrected chi connectivity index (χ0v) is 44.4. The maximum Gasteiger partial charge on any atom is 0.329 e. The van der Waals surface area contributed by atoms with Crippen LogP contribution in [0.15, 0.2) is 47.6 Å². The van der Waals surface area contributed by atoms with E-state index >= 15 is 0 Å². The van der Waals surface area contributed by atoms with Gasteiger partial charge in [-0.15, -0.1) is 0 Å². The number of ketones is 2. The number of allylic oxidation sites excluding steroid dienone is 6. The first-order chi connectivity index (χ1) is 33.0. The van der Waals surface area contributed by atoms with E-state index in [9.17, 15) is 48.0 Å². The minimum absolute atomic E-state index is 0.0171. The van der Waals surface area contributed by atoms with Gasteiger partial charge in [-0.25, -0.2) is 13.2 Å². The molecular weight excluding hydrogens is 921 g/mol. The molecule has 398 valence electrons. The Bertz CT molecular complexity index is 1990. The van der Waals surface area contributed by atoms with Gasteiger partial charge in [0.15, 0.2) is 5.78 Å². The number of carbonyl (C=O) groups excluding carboxylic acids is 4. The number of amides is 1. The van der Waals surface area contributed by atoms with Crippen LogP contribution in [0.2, 0.25) is 0 Å². The topological polar surface area (TPSA) is 227 Å². The van der Waals surface area contributed by atoms with Crippen LogP contribution in [-0.2, 0) is 48.1 Å². The van der Waals surface area contributed by atoms with Crippen LogP contribution in [0.3, 0.4) is 0 Å². The van der Waals surface area contributed by atoms with E-state index in [4.69, 9.17) is 18.9 Å². The van der Waals surface area contributed by atoms with Gasteiger partial charge in [0, 0.05) is 45.7 Å². The van der Waals surface area contributed by atoms with Crippen molar-refractivity contribution in [3.8, 4) is 0 Å². The van der Waals surface area contributed by atoms with Crippen molar-refractivity contribution in [2.24, 2.45) is 35.5 Å². The molecule has 0 radical (unpaired) electrons. The Kier molecular flexibility index (Phi) is 23.1. The molecule has 2 bridgehead atoms. The SMILES string of the molecule is CO[C@@H]1C[C@H](C[C@@H](C)[C@@H]2CC[C@H](C)/C=C(\C)[C@@H](O)[C@@H](OC)C(=O)[C@H](C)C[C@H](C)/C=C/C=C/C=C(\C)C(N(C)S(=O)(=O)CCO)C[C@@H]3CC[C@@H](C)[C@@](O)(O3)C(=O)C(=O)N3CCCC[C@H]3C(=O)O2)CC[C@H]1O. The first-order valence-electron chi connectivity index (χ1n) is 25.7. The minimum atomic E-state index is -3.97. The summed E-state index contributed by atoms with van der Waals surface area (Å²) < 4.78 is 51.7. The number of carbonyl (C=O) groups is 4. The number of aliphatic hydroxyl groups excluding tert-OH is 3. The highest BCUT2D eigenvalue weighted by Crippen LogP contribution is 2.38. The van der Waals surface area contributed by atoms with E-state index in [2.05, 4.69) is 0 Å². The average molecular weight is 1010 g/mol. The third-order valence-corrected chi connectivity index (χ3v) is 17.3. The molecule has 4 rings (SSSR count). The summed E-state index contributed by atoms with van der Waals surface area (Å²) in [5.74, 6) is -7.59. The quantitative estimate of drug-likeness (QED) is 0.125. The third-order valence-electron chi connectivity index (χ3n) is 15.5. The molecule has 1 unspecified atom stereocenters. The number of Topliss-reactive ketones (excluding diaryl/α,β-unsaturated/α-hetero) is 2. The van der Waals surface area contributed by atoms with E-state index in [0.717, 1.165) is 10.7 Å². The molecule has 3 aliphatic heterocycles. The fourth-order valence-corrected chi connectivity index (χ4v) is 12.1. The van der Waals surface area contributed by atoms with Crippen LogP contribution in [-0.4, -0.2) is 156 Å². The fraction of sp³-hybridized carbons (Fsp3) is 0.774. The summed E-state index contributed by atoms with van der Waals surface area (Å²) in [5.41, 5.74) is 1.18. The number of hydrogen-bond donors (Lipinski definition) is 4.